The van der Waals surface area contributed by atoms with Crippen LogP contribution >= 0.6 is 23.2 Å². The fraction of sp³-hybridized carbons (Fsp3) is 0.471. The van der Waals surface area contributed by atoms with Gasteiger partial charge < -0.3 is 10.6 Å². The van der Waals surface area contributed by atoms with Gasteiger partial charge in [-0.3, -0.25) is 14.5 Å². The summed E-state index contributed by atoms with van der Waals surface area (Å²) >= 11 is 11.8. The molecule has 4 amide bonds. The molecule has 1 saturated carbocycles. The van der Waals surface area contributed by atoms with Crippen molar-refractivity contribution >= 4 is 46.7 Å². The third-order valence-electron chi connectivity index (χ3n) is 5.01. The van der Waals surface area contributed by atoms with Crippen LogP contribution < -0.4 is 10.6 Å². The Morgan fingerprint density at radius 1 is 1.32 bits per heavy atom. The Bertz CT molecular complexity index is 740. The van der Waals surface area contributed by atoms with Gasteiger partial charge in [-0.15, -0.1) is 0 Å². The van der Waals surface area contributed by atoms with E-state index in [1.807, 2.05) is 6.92 Å². The molecule has 25 heavy (non-hydrogen) atoms. The number of anilines is 1. The fourth-order valence-electron chi connectivity index (χ4n) is 3.56. The Labute approximate surface area is 155 Å². The molecule has 1 heterocycles. The first-order valence-corrected chi connectivity index (χ1v) is 8.98. The van der Waals surface area contributed by atoms with E-state index in [2.05, 4.69) is 10.6 Å². The second-order valence-electron chi connectivity index (χ2n) is 6.62. The zero-order chi connectivity index (χ0) is 18.2. The van der Waals surface area contributed by atoms with Gasteiger partial charge in [0.2, 0.25) is 5.91 Å². The van der Waals surface area contributed by atoms with Gasteiger partial charge in [-0.2, -0.15) is 0 Å². The lowest BCUT2D eigenvalue weighted by atomic mass is 9.73. The van der Waals surface area contributed by atoms with Crippen LogP contribution in [0.2, 0.25) is 10.0 Å². The molecule has 0 unspecified atom stereocenters. The van der Waals surface area contributed by atoms with Crippen LogP contribution in [0, 0.1) is 5.92 Å². The highest BCUT2D eigenvalue weighted by molar-refractivity contribution is 6.42. The summed E-state index contributed by atoms with van der Waals surface area (Å²) in [5.41, 5.74) is -0.411. The number of nitrogens with zero attached hydrogens (tertiary/aromatic N) is 1. The SMILES string of the molecule is C[C@H]1CCCC[C@]12NC(=O)N(CC(=O)Nc1ccc(Cl)c(Cl)c1)C2=O. The minimum atomic E-state index is -0.862. The Hall–Kier alpha value is -1.79. The lowest BCUT2D eigenvalue weighted by Crippen LogP contribution is -2.54. The van der Waals surface area contributed by atoms with E-state index in [-0.39, 0.29) is 18.4 Å². The van der Waals surface area contributed by atoms with Crippen molar-refractivity contribution in [2.45, 2.75) is 38.1 Å². The first kappa shape index (κ1) is 18.0. The molecule has 1 aliphatic carbocycles. The van der Waals surface area contributed by atoms with Gasteiger partial charge in [0, 0.05) is 5.69 Å². The maximum absolute atomic E-state index is 12.8. The number of halogens is 2. The molecule has 1 aromatic rings. The highest BCUT2D eigenvalue weighted by atomic mass is 35.5. The number of imide groups is 1. The first-order valence-electron chi connectivity index (χ1n) is 8.22. The number of hydrogen-bond donors (Lipinski definition) is 2. The van der Waals surface area contributed by atoms with Crippen molar-refractivity contribution in [3.8, 4) is 0 Å². The molecule has 8 heteroatoms. The summed E-state index contributed by atoms with van der Waals surface area (Å²) in [4.78, 5) is 38.3. The highest BCUT2D eigenvalue weighted by Gasteiger charge is 2.55. The zero-order valence-electron chi connectivity index (χ0n) is 13.8. The molecule has 6 nitrogen and oxygen atoms in total. The molecule has 2 aliphatic rings. The number of carbonyl (C=O) groups is 3. The van der Waals surface area contributed by atoms with Crippen LogP contribution in [0.25, 0.3) is 0 Å². The predicted octanol–water partition coefficient (Wildman–Crippen LogP) is 3.43. The van der Waals surface area contributed by atoms with E-state index in [0.29, 0.717) is 22.2 Å². The summed E-state index contributed by atoms with van der Waals surface area (Å²) in [6.45, 7) is 1.63. The molecule has 1 spiro atoms. The number of benzene rings is 1. The average molecular weight is 384 g/mol. The predicted molar refractivity (Wildman–Crippen MR) is 95.7 cm³/mol. The monoisotopic (exact) mass is 383 g/mol. The third kappa shape index (κ3) is 3.33. The largest absolute Gasteiger partial charge is 0.325 e. The van der Waals surface area contributed by atoms with E-state index < -0.39 is 17.5 Å². The number of hydrogen-bond acceptors (Lipinski definition) is 3. The minimum absolute atomic E-state index is 0.0563. The van der Waals surface area contributed by atoms with E-state index in [9.17, 15) is 14.4 Å². The molecule has 0 radical (unpaired) electrons. The van der Waals surface area contributed by atoms with Gasteiger partial charge >= 0.3 is 6.03 Å². The van der Waals surface area contributed by atoms with E-state index in [4.69, 9.17) is 23.2 Å². The van der Waals surface area contributed by atoms with Crippen LogP contribution in [-0.4, -0.2) is 34.8 Å². The second kappa shape index (κ2) is 6.84. The van der Waals surface area contributed by atoms with Crippen molar-refractivity contribution in [2.75, 3.05) is 11.9 Å². The van der Waals surface area contributed by atoms with E-state index >= 15 is 0 Å². The average Bonchev–Trinajstić information content (AvgIpc) is 2.79. The number of urea groups is 1. The molecule has 134 valence electrons. The van der Waals surface area contributed by atoms with Gasteiger partial charge in [0.25, 0.3) is 5.91 Å². The molecule has 2 atom stereocenters. The Morgan fingerprint density at radius 2 is 2.08 bits per heavy atom. The molecular weight excluding hydrogens is 365 g/mol. The van der Waals surface area contributed by atoms with Crippen molar-refractivity contribution < 1.29 is 14.4 Å². The van der Waals surface area contributed by atoms with Crippen molar-refractivity contribution in [3.05, 3.63) is 28.2 Å². The summed E-state index contributed by atoms with van der Waals surface area (Å²) in [5.74, 6) is -0.725. The molecule has 0 bridgehead atoms. The molecule has 1 aliphatic heterocycles. The summed E-state index contributed by atoms with van der Waals surface area (Å²) < 4.78 is 0. The second-order valence-corrected chi connectivity index (χ2v) is 7.43. The van der Waals surface area contributed by atoms with Crippen LogP contribution in [0.1, 0.15) is 32.6 Å². The van der Waals surface area contributed by atoms with E-state index in [1.165, 1.54) is 6.07 Å². The number of carbonyl (C=O) groups excluding carboxylic acids is 3. The molecule has 1 aromatic carbocycles. The van der Waals surface area contributed by atoms with Crippen LogP contribution in [0.15, 0.2) is 18.2 Å². The van der Waals surface area contributed by atoms with Crippen molar-refractivity contribution in [1.29, 1.82) is 0 Å². The lowest BCUT2D eigenvalue weighted by Gasteiger charge is -2.36. The van der Waals surface area contributed by atoms with E-state index in [0.717, 1.165) is 24.2 Å². The fourth-order valence-corrected chi connectivity index (χ4v) is 3.86. The van der Waals surface area contributed by atoms with Crippen LogP contribution in [0.5, 0.6) is 0 Å². The quantitative estimate of drug-likeness (QED) is 0.784. The topological polar surface area (TPSA) is 78.5 Å². The first-order chi connectivity index (χ1) is 11.8. The van der Waals surface area contributed by atoms with E-state index in [1.54, 1.807) is 12.1 Å². The molecule has 2 fully saturated rings. The Balaban J connectivity index is 1.69. The number of rotatable bonds is 3. The number of nitrogens with one attached hydrogen (secondary N) is 2. The molecule has 3 rings (SSSR count). The molecule has 1 saturated heterocycles. The minimum Gasteiger partial charge on any atom is -0.324 e. The highest BCUT2D eigenvalue weighted by Crippen LogP contribution is 2.38. The van der Waals surface area contributed by atoms with Crippen molar-refractivity contribution in [1.82, 2.24) is 10.2 Å². The maximum atomic E-state index is 12.8. The number of amides is 4. The zero-order valence-corrected chi connectivity index (χ0v) is 15.3. The van der Waals surface area contributed by atoms with Gasteiger partial charge in [-0.25, -0.2) is 4.79 Å². The molecule has 0 aromatic heterocycles. The summed E-state index contributed by atoms with van der Waals surface area (Å²) in [6.07, 6.45) is 3.43. The molecule has 2 N–H and O–H groups in total. The summed E-state index contributed by atoms with van der Waals surface area (Å²) in [5, 5.41) is 6.13. The summed E-state index contributed by atoms with van der Waals surface area (Å²) in [6, 6.07) is 4.16. The normalized spacial score (nSPS) is 26.0. The van der Waals surface area contributed by atoms with Crippen LogP contribution in [-0.2, 0) is 9.59 Å². The Kier molecular flexibility index (Phi) is 4.93. The Morgan fingerprint density at radius 3 is 2.76 bits per heavy atom. The van der Waals surface area contributed by atoms with Crippen molar-refractivity contribution in [2.24, 2.45) is 5.92 Å². The van der Waals surface area contributed by atoms with Gasteiger partial charge in [0.1, 0.15) is 12.1 Å². The van der Waals surface area contributed by atoms with Crippen LogP contribution in [0.3, 0.4) is 0 Å². The maximum Gasteiger partial charge on any atom is 0.325 e. The molecular formula is C17H19Cl2N3O3. The third-order valence-corrected chi connectivity index (χ3v) is 5.75. The van der Waals surface area contributed by atoms with Crippen molar-refractivity contribution in [3.63, 3.8) is 0 Å². The van der Waals surface area contributed by atoms with Gasteiger partial charge in [0.05, 0.1) is 10.0 Å². The lowest BCUT2D eigenvalue weighted by molar-refractivity contribution is -0.136. The van der Waals surface area contributed by atoms with Gasteiger partial charge in [-0.05, 0) is 37.0 Å². The summed E-state index contributed by atoms with van der Waals surface area (Å²) in [7, 11) is 0. The van der Waals surface area contributed by atoms with Crippen LogP contribution in [0.4, 0.5) is 10.5 Å². The smallest absolute Gasteiger partial charge is 0.324 e. The standard InChI is InChI=1S/C17H19Cl2N3O3/c1-10-4-2-3-7-17(10)15(24)22(16(25)21-17)9-14(23)20-11-5-6-12(18)13(19)8-11/h5-6,8,10H,2-4,7,9H2,1H3,(H,20,23)(H,21,25)/t10-,17-/m0/s1. The van der Waals surface area contributed by atoms with Gasteiger partial charge in [0.15, 0.2) is 0 Å². The van der Waals surface area contributed by atoms with Gasteiger partial charge in [-0.1, -0.05) is 43.0 Å².